The molecule has 0 aliphatic heterocycles. The van der Waals surface area contributed by atoms with Gasteiger partial charge in [0.05, 0.1) is 5.92 Å². The van der Waals surface area contributed by atoms with Gasteiger partial charge in [0.2, 0.25) is 0 Å². The molecule has 0 radical (unpaired) electrons. The summed E-state index contributed by atoms with van der Waals surface area (Å²) in [5, 5.41) is -0.0510. The molecule has 0 spiro atoms. The highest BCUT2D eigenvalue weighted by atomic mass is 32.2. The minimum absolute atomic E-state index is 0.0510. The van der Waals surface area contributed by atoms with E-state index in [1.807, 2.05) is 20.8 Å². The molecule has 2 nitrogen and oxygen atoms in total. The van der Waals surface area contributed by atoms with E-state index in [9.17, 15) is 9.59 Å². The van der Waals surface area contributed by atoms with Gasteiger partial charge in [-0.3, -0.25) is 9.59 Å². The summed E-state index contributed by atoms with van der Waals surface area (Å²) in [7, 11) is 0. The monoisotopic (exact) mass is 214 g/mol. The zero-order valence-electron chi connectivity index (χ0n) is 9.29. The molecule has 80 valence electrons. The summed E-state index contributed by atoms with van der Waals surface area (Å²) in [6, 6.07) is 0. The van der Waals surface area contributed by atoms with E-state index >= 15 is 0 Å². The summed E-state index contributed by atoms with van der Waals surface area (Å²) in [4.78, 5) is 22.9. The first kappa shape index (κ1) is 13.4. The van der Waals surface area contributed by atoms with Crippen molar-refractivity contribution in [1.82, 2.24) is 0 Å². The molecule has 0 bridgehead atoms. The SMILES string of the molecule is C=CCC(C(C)=O)C(=O)SC(C)(C)C. The average molecular weight is 214 g/mol. The highest BCUT2D eigenvalue weighted by Crippen LogP contribution is 2.28. The van der Waals surface area contributed by atoms with Crippen LogP contribution in [0.5, 0.6) is 0 Å². The fraction of sp³-hybridized carbons (Fsp3) is 0.636. The molecule has 0 heterocycles. The molecule has 14 heavy (non-hydrogen) atoms. The second-order valence-electron chi connectivity index (χ2n) is 4.22. The smallest absolute Gasteiger partial charge is 0.200 e. The fourth-order valence-electron chi connectivity index (χ4n) is 0.968. The van der Waals surface area contributed by atoms with Crippen molar-refractivity contribution < 1.29 is 9.59 Å². The lowest BCUT2D eigenvalue weighted by atomic mass is 10.0. The van der Waals surface area contributed by atoms with Gasteiger partial charge in [-0.1, -0.05) is 38.6 Å². The van der Waals surface area contributed by atoms with Gasteiger partial charge in [0.1, 0.15) is 5.78 Å². The summed E-state index contributed by atoms with van der Waals surface area (Å²) < 4.78 is -0.133. The Labute approximate surface area is 90.1 Å². The fourth-order valence-corrected chi connectivity index (χ4v) is 1.98. The van der Waals surface area contributed by atoms with Gasteiger partial charge in [-0.15, -0.1) is 6.58 Å². The molecular weight excluding hydrogens is 196 g/mol. The molecule has 0 rings (SSSR count). The second kappa shape index (κ2) is 5.35. The zero-order chi connectivity index (χ0) is 11.4. The van der Waals surface area contributed by atoms with Crippen LogP contribution in [0.15, 0.2) is 12.7 Å². The predicted molar refractivity (Wildman–Crippen MR) is 61.3 cm³/mol. The quantitative estimate of drug-likeness (QED) is 0.533. The second-order valence-corrected chi connectivity index (χ2v) is 6.05. The van der Waals surface area contributed by atoms with Gasteiger partial charge in [0.15, 0.2) is 5.12 Å². The first-order chi connectivity index (χ1) is 6.28. The summed E-state index contributed by atoms with van der Waals surface area (Å²) in [5.41, 5.74) is 0. The number of allylic oxidation sites excluding steroid dienone is 1. The maximum Gasteiger partial charge on any atom is 0.200 e. The molecular formula is C11H18O2S. The van der Waals surface area contributed by atoms with Crippen LogP contribution < -0.4 is 0 Å². The third-order valence-corrected chi connectivity index (χ3v) is 2.68. The Hall–Kier alpha value is -0.570. The third kappa shape index (κ3) is 5.22. The molecule has 1 atom stereocenters. The largest absolute Gasteiger partial charge is 0.299 e. The number of rotatable bonds is 4. The third-order valence-electron chi connectivity index (χ3n) is 1.58. The number of thioether (sulfide) groups is 1. The molecule has 0 saturated heterocycles. The molecule has 0 aromatic carbocycles. The first-order valence-electron chi connectivity index (χ1n) is 4.62. The van der Waals surface area contributed by atoms with Crippen molar-refractivity contribution >= 4 is 22.7 Å². The van der Waals surface area contributed by atoms with Crippen molar-refractivity contribution in [2.45, 2.75) is 38.9 Å². The van der Waals surface area contributed by atoms with Crippen LogP contribution in [-0.4, -0.2) is 15.6 Å². The number of hydrogen-bond donors (Lipinski definition) is 0. The van der Waals surface area contributed by atoms with Gasteiger partial charge in [0.25, 0.3) is 0 Å². The lowest BCUT2D eigenvalue weighted by Crippen LogP contribution is -2.23. The van der Waals surface area contributed by atoms with E-state index in [4.69, 9.17) is 0 Å². The van der Waals surface area contributed by atoms with Crippen LogP contribution in [0.1, 0.15) is 34.1 Å². The van der Waals surface area contributed by atoms with Crippen molar-refractivity contribution in [3.05, 3.63) is 12.7 Å². The Morgan fingerprint density at radius 1 is 1.43 bits per heavy atom. The predicted octanol–water partition coefficient (Wildman–Crippen LogP) is 2.83. The van der Waals surface area contributed by atoms with Crippen LogP contribution in [0.4, 0.5) is 0 Å². The van der Waals surface area contributed by atoms with Crippen LogP contribution in [0.25, 0.3) is 0 Å². The zero-order valence-corrected chi connectivity index (χ0v) is 10.1. The molecule has 3 heteroatoms. The first-order valence-corrected chi connectivity index (χ1v) is 5.44. The van der Waals surface area contributed by atoms with Crippen molar-refractivity contribution in [3.8, 4) is 0 Å². The van der Waals surface area contributed by atoms with Gasteiger partial charge in [0, 0.05) is 4.75 Å². The summed E-state index contributed by atoms with van der Waals surface area (Å²) in [6.07, 6.45) is 2.06. The molecule has 0 amide bonds. The van der Waals surface area contributed by atoms with Crippen LogP contribution in [0.2, 0.25) is 0 Å². The summed E-state index contributed by atoms with van der Waals surface area (Å²) in [6.45, 7) is 10.9. The van der Waals surface area contributed by atoms with Gasteiger partial charge >= 0.3 is 0 Å². The van der Waals surface area contributed by atoms with Gasteiger partial charge < -0.3 is 0 Å². The van der Waals surface area contributed by atoms with Crippen molar-refractivity contribution in [3.63, 3.8) is 0 Å². The minimum atomic E-state index is -0.517. The topological polar surface area (TPSA) is 34.1 Å². The Morgan fingerprint density at radius 3 is 2.21 bits per heavy atom. The highest BCUT2D eigenvalue weighted by molar-refractivity contribution is 8.14. The molecule has 0 saturated carbocycles. The molecule has 0 N–H and O–H groups in total. The summed E-state index contributed by atoms with van der Waals surface area (Å²) >= 11 is 1.23. The lowest BCUT2D eigenvalue weighted by molar-refractivity contribution is -0.126. The van der Waals surface area contributed by atoms with Gasteiger partial charge in [-0.05, 0) is 13.3 Å². The Balaban J connectivity index is 4.45. The maximum absolute atomic E-state index is 11.7. The van der Waals surface area contributed by atoms with E-state index in [1.165, 1.54) is 18.7 Å². The normalized spacial score (nSPS) is 13.4. The Morgan fingerprint density at radius 2 is 1.93 bits per heavy atom. The van der Waals surface area contributed by atoms with Crippen LogP contribution in [0.3, 0.4) is 0 Å². The summed E-state index contributed by atoms with van der Waals surface area (Å²) in [5.74, 6) is -0.594. The van der Waals surface area contributed by atoms with Crippen molar-refractivity contribution in [2.24, 2.45) is 5.92 Å². The number of ketones is 1. The number of carbonyl (C=O) groups excluding carboxylic acids is 2. The van der Waals surface area contributed by atoms with Crippen LogP contribution >= 0.6 is 11.8 Å². The van der Waals surface area contributed by atoms with E-state index in [2.05, 4.69) is 6.58 Å². The van der Waals surface area contributed by atoms with Crippen molar-refractivity contribution in [1.29, 1.82) is 0 Å². The molecule has 0 aromatic heterocycles. The standard InChI is InChI=1S/C11H18O2S/c1-6-7-9(8(2)12)10(13)14-11(3,4)5/h6,9H,1,7H2,2-5H3. The maximum atomic E-state index is 11.7. The number of Topliss-reactive ketones (excluding diaryl/α,β-unsaturated/α-hetero) is 1. The lowest BCUT2D eigenvalue weighted by Gasteiger charge is -2.19. The number of hydrogen-bond acceptors (Lipinski definition) is 3. The molecule has 1 unspecified atom stereocenters. The van der Waals surface area contributed by atoms with Gasteiger partial charge in [-0.25, -0.2) is 0 Å². The molecule has 0 aromatic rings. The molecule has 0 aliphatic rings. The molecule has 0 aliphatic carbocycles. The number of carbonyl (C=O) groups is 2. The Bertz CT molecular complexity index is 238. The highest BCUT2D eigenvalue weighted by Gasteiger charge is 2.26. The van der Waals surface area contributed by atoms with E-state index in [0.717, 1.165) is 0 Å². The van der Waals surface area contributed by atoms with E-state index < -0.39 is 5.92 Å². The average Bonchev–Trinajstić information content (AvgIpc) is 1.95. The molecule has 0 fully saturated rings. The Kier molecular flexibility index (Phi) is 5.13. The van der Waals surface area contributed by atoms with Crippen molar-refractivity contribution in [2.75, 3.05) is 0 Å². The van der Waals surface area contributed by atoms with Crippen LogP contribution in [-0.2, 0) is 9.59 Å². The van der Waals surface area contributed by atoms with Gasteiger partial charge in [-0.2, -0.15) is 0 Å². The van der Waals surface area contributed by atoms with E-state index in [0.29, 0.717) is 6.42 Å². The minimum Gasteiger partial charge on any atom is -0.299 e. The van der Waals surface area contributed by atoms with Crippen LogP contribution in [0, 0.1) is 5.92 Å². The van der Waals surface area contributed by atoms with E-state index in [-0.39, 0.29) is 15.6 Å². The van der Waals surface area contributed by atoms with E-state index in [1.54, 1.807) is 6.08 Å².